The van der Waals surface area contributed by atoms with Crippen molar-refractivity contribution in [3.63, 3.8) is 0 Å². The normalized spacial score (nSPS) is 29.8. The molecule has 19 heavy (non-hydrogen) atoms. The molecule has 1 aliphatic heterocycles. The van der Waals surface area contributed by atoms with Crippen LogP contribution in [0.5, 0.6) is 0 Å². The maximum absolute atomic E-state index is 11.5. The van der Waals surface area contributed by atoms with E-state index in [4.69, 9.17) is 21.1 Å². The Kier molecular flexibility index (Phi) is 4.49. The van der Waals surface area contributed by atoms with E-state index in [1.54, 1.807) is 6.92 Å². The molecule has 3 nitrogen and oxygen atoms in total. The molecule has 2 aliphatic rings. The Bertz CT molecular complexity index is 410. The summed E-state index contributed by atoms with van der Waals surface area (Å²) in [5.41, 5.74) is 1.20. The molecule has 0 spiro atoms. The molecular formula is C15H21ClO3. The number of rotatable bonds is 5. The quantitative estimate of drug-likeness (QED) is 0.726. The summed E-state index contributed by atoms with van der Waals surface area (Å²) in [7, 11) is 0. The number of alkyl halides is 1. The molecule has 1 aliphatic carbocycles. The maximum Gasteiger partial charge on any atom is 0.164 e. The average Bonchev–Trinajstić information content (AvgIpc) is 2.63. The first-order valence-electron chi connectivity index (χ1n) is 6.79. The van der Waals surface area contributed by atoms with Gasteiger partial charge in [-0.15, -0.1) is 11.6 Å². The van der Waals surface area contributed by atoms with E-state index in [0.717, 1.165) is 12.8 Å². The van der Waals surface area contributed by atoms with Gasteiger partial charge < -0.3 is 9.47 Å². The molecule has 0 aromatic carbocycles. The Balaban J connectivity index is 1.89. The largest absolute Gasteiger partial charge is 0.340 e. The van der Waals surface area contributed by atoms with E-state index in [1.807, 2.05) is 26.0 Å². The number of Topliss-reactive ketones (excluding diaryl/α,β-unsaturated/α-hetero) is 1. The van der Waals surface area contributed by atoms with Crippen LogP contribution in [0.3, 0.4) is 0 Å². The third-order valence-corrected chi connectivity index (χ3v) is 3.68. The van der Waals surface area contributed by atoms with Gasteiger partial charge in [-0.2, -0.15) is 0 Å². The van der Waals surface area contributed by atoms with Crippen LogP contribution in [0.1, 0.15) is 40.0 Å². The minimum absolute atomic E-state index is 0.00217. The first-order chi connectivity index (χ1) is 8.89. The number of ketones is 1. The Hall–Kier alpha value is -0.640. The lowest BCUT2D eigenvalue weighted by molar-refractivity contribution is -0.139. The number of ether oxygens (including phenoxy) is 2. The van der Waals surface area contributed by atoms with E-state index in [0.29, 0.717) is 6.42 Å². The van der Waals surface area contributed by atoms with Gasteiger partial charge in [0.15, 0.2) is 5.79 Å². The molecule has 0 amide bonds. The van der Waals surface area contributed by atoms with Crippen molar-refractivity contribution in [2.24, 2.45) is 0 Å². The standard InChI is InChI=1S/C15H21ClO3/c1-10(16)12(17)8-4-6-11-7-5-9-13-14(11)19-15(2,3)18-13/h5,7,9-10,13-14H,4,6,8H2,1-3H3/t10?,13-,14+/m0/s1. The van der Waals surface area contributed by atoms with Gasteiger partial charge in [0.1, 0.15) is 18.0 Å². The smallest absolute Gasteiger partial charge is 0.164 e. The summed E-state index contributed by atoms with van der Waals surface area (Å²) in [6, 6.07) is 0. The zero-order valence-electron chi connectivity index (χ0n) is 11.7. The molecule has 0 aromatic heterocycles. The number of hydrogen-bond donors (Lipinski definition) is 0. The van der Waals surface area contributed by atoms with Crippen LogP contribution >= 0.6 is 11.6 Å². The number of carbonyl (C=O) groups is 1. The molecule has 0 aromatic rings. The van der Waals surface area contributed by atoms with Gasteiger partial charge in [0.25, 0.3) is 0 Å². The SMILES string of the molecule is CC(Cl)C(=O)CCCC1=CC=C[C@@H]2OC(C)(C)O[C@H]12. The predicted molar refractivity (Wildman–Crippen MR) is 75.2 cm³/mol. The molecule has 3 atom stereocenters. The lowest BCUT2D eigenvalue weighted by Crippen LogP contribution is -2.25. The van der Waals surface area contributed by atoms with Crippen LogP contribution in [-0.2, 0) is 14.3 Å². The van der Waals surface area contributed by atoms with Crippen molar-refractivity contribution in [1.29, 1.82) is 0 Å². The van der Waals surface area contributed by atoms with Crippen molar-refractivity contribution in [3.05, 3.63) is 23.8 Å². The topological polar surface area (TPSA) is 35.5 Å². The van der Waals surface area contributed by atoms with Crippen LogP contribution in [0, 0.1) is 0 Å². The Morgan fingerprint density at radius 2 is 2.21 bits per heavy atom. The summed E-state index contributed by atoms with van der Waals surface area (Å²) in [6.45, 7) is 5.57. The van der Waals surface area contributed by atoms with E-state index in [-0.39, 0.29) is 18.0 Å². The zero-order valence-corrected chi connectivity index (χ0v) is 12.4. The predicted octanol–water partition coefficient (Wildman–Crippen LogP) is 3.37. The molecule has 0 radical (unpaired) electrons. The Morgan fingerprint density at radius 1 is 1.47 bits per heavy atom. The van der Waals surface area contributed by atoms with Gasteiger partial charge in [0.05, 0.1) is 5.38 Å². The first-order valence-corrected chi connectivity index (χ1v) is 7.22. The van der Waals surface area contributed by atoms with E-state index in [9.17, 15) is 4.79 Å². The Labute approximate surface area is 119 Å². The van der Waals surface area contributed by atoms with Gasteiger partial charge in [-0.1, -0.05) is 18.2 Å². The highest BCUT2D eigenvalue weighted by atomic mass is 35.5. The molecule has 0 N–H and O–H groups in total. The Morgan fingerprint density at radius 3 is 2.89 bits per heavy atom. The van der Waals surface area contributed by atoms with Gasteiger partial charge in [-0.25, -0.2) is 0 Å². The fourth-order valence-corrected chi connectivity index (χ4v) is 2.60. The van der Waals surface area contributed by atoms with E-state index < -0.39 is 11.2 Å². The summed E-state index contributed by atoms with van der Waals surface area (Å²) in [4.78, 5) is 11.5. The third-order valence-electron chi connectivity index (χ3n) is 3.44. The molecule has 106 valence electrons. The van der Waals surface area contributed by atoms with Crippen molar-refractivity contribution >= 4 is 17.4 Å². The second kappa shape index (κ2) is 5.78. The molecule has 1 heterocycles. The first kappa shape index (κ1) is 14.8. The number of halogens is 1. The minimum atomic E-state index is -0.538. The fourth-order valence-electron chi connectivity index (χ4n) is 2.49. The number of allylic oxidation sites excluding steroid dienone is 2. The fraction of sp³-hybridized carbons (Fsp3) is 0.667. The van der Waals surface area contributed by atoms with Crippen LogP contribution in [0.2, 0.25) is 0 Å². The highest BCUT2D eigenvalue weighted by Gasteiger charge is 2.42. The highest BCUT2D eigenvalue weighted by Crippen LogP contribution is 2.36. The van der Waals surface area contributed by atoms with Crippen LogP contribution in [-0.4, -0.2) is 29.2 Å². The maximum atomic E-state index is 11.5. The van der Waals surface area contributed by atoms with Gasteiger partial charge in [0, 0.05) is 6.42 Å². The lowest BCUT2D eigenvalue weighted by Gasteiger charge is -2.21. The second-order valence-corrected chi connectivity index (χ2v) is 6.24. The van der Waals surface area contributed by atoms with Crippen molar-refractivity contribution in [3.8, 4) is 0 Å². The summed E-state index contributed by atoms with van der Waals surface area (Å²) in [6.07, 6.45) is 8.26. The van der Waals surface area contributed by atoms with E-state index in [1.165, 1.54) is 5.57 Å². The van der Waals surface area contributed by atoms with Crippen molar-refractivity contribution in [1.82, 2.24) is 0 Å². The monoisotopic (exact) mass is 284 g/mol. The number of carbonyl (C=O) groups excluding carboxylic acids is 1. The van der Waals surface area contributed by atoms with Crippen molar-refractivity contribution in [2.45, 2.75) is 63.4 Å². The van der Waals surface area contributed by atoms with Gasteiger partial charge in [0.2, 0.25) is 0 Å². The zero-order chi connectivity index (χ0) is 14.0. The molecule has 0 bridgehead atoms. The molecule has 1 saturated heterocycles. The van der Waals surface area contributed by atoms with E-state index in [2.05, 4.69) is 6.08 Å². The van der Waals surface area contributed by atoms with Gasteiger partial charge >= 0.3 is 0 Å². The highest BCUT2D eigenvalue weighted by molar-refractivity contribution is 6.30. The minimum Gasteiger partial charge on any atom is -0.340 e. The molecular weight excluding hydrogens is 264 g/mol. The van der Waals surface area contributed by atoms with Crippen molar-refractivity contribution in [2.75, 3.05) is 0 Å². The van der Waals surface area contributed by atoms with E-state index >= 15 is 0 Å². The summed E-state index contributed by atoms with van der Waals surface area (Å²) < 4.78 is 11.7. The lowest BCUT2D eigenvalue weighted by atomic mass is 9.94. The second-order valence-electron chi connectivity index (χ2n) is 5.58. The average molecular weight is 285 g/mol. The molecule has 0 saturated carbocycles. The number of fused-ring (bicyclic) bond motifs is 1. The number of hydrogen-bond acceptors (Lipinski definition) is 3. The van der Waals surface area contributed by atoms with Crippen LogP contribution in [0.4, 0.5) is 0 Å². The summed E-state index contributed by atoms with van der Waals surface area (Å²) >= 11 is 5.76. The van der Waals surface area contributed by atoms with Gasteiger partial charge in [-0.05, 0) is 39.2 Å². The molecule has 2 rings (SSSR count). The summed E-state index contributed by atoms with van der Waals surface area (Å²) in [5.74, 6) is -0.432. The summed E-state index contributed by atoms with van der Waals surface area (Å²) in [5, 5.41) is -0.391. The van der Waals surface area contributed by atoms with Crippen LogP contribution in [0.15, 0.2) is 23.8 Å². The molecule has 4 heteroatoms. The molecule has 1 unspecified atom stereocenters. The van der Waals surface area contributed by atoms with Crippen LogP contribution < -0.4 is 0 Å². The van der Waals surface area contributed by atoms with Crippen LogP contribution in [0.25, 0.3) is 0 Å². The third kappa shape index (κ3) is 3.68. The van der Waals surface area contributed by atoms with Gasteiger partial charge in [-0.3, -0.25) is 4.79 Å². The molecule has 1 fully saturated rings. The van der Waals surface area contributed by atoms with Crippen molar-refractivity contribution < 1.29 is 14.3 Å².